The third-order valence-electron chi connectivity index (χ3n) is 6.98. The Bertz CT molecular complexity index is 1040. The van der Waals surface area contributed by atoms with Crippen molar-refractivity contribution in [1.82, 2.24) is 15.0 Å². The van der Waals surface area contributed by atoms with Crippen LogP contribution < -0.4 is 15.4 Å². The minimum absolute atomic E-state index is 0.00842. The van der Waals surface area contributed by atoms with Gasteiger partial charge in [-0.3, -0.25) is 0 Å². The van der Waals surface area contributed by atoms with Gasteiger partial charge in [-0.15, -0.1) is 0 Å². The monoisotopic (exact) mass is 490 g/mol. The maximum atomic E-state index is 13.2. The molecule has 4 rings (SSSR count). The van der Waals surface area contributed by atoms with Crippen LogP contribution in [0.3, 0.4) is 0 Å². The van der Waals surface area contributed by atoms with Crippen LogP contribution in [0, 0.1) is 19.8 Å². The smallest absolute Gasteiger partial charge is 0.241 e. The van der Waals surface area contributed by atoms with Gasteiger partial charge in [-0.1, -0.05) is 55.6 Å². The van der Waals surface area contributed by atoms with Crippen LogP contribution >= 0.6 is 11.3 Å². The molecule has 2 aliphatic rings. The lowest BCUT2D eigenvalue weighted by Gasteiger charge is -2.24. The summed E-state index contributed by atoms with van der Waals surface area (Å²) in [4.78, 5) is 6.16. The summed E-state index contributed by atoms with van der Waals surface area (Å²) in [6.07, 6.45) is 9.63. The van der Waals surface area contributed by atoms with Gasteiger partial charge < -0.3 is 10.6 Å². The summed E-state index contributed by atoms with van der Waals surface area (Å²) >= 11 is 1.62. The quantitative estimate of drug-likeness (QED) is 0.472. The zero-order chi connectivity index (χ0) is 23.4. The number of nitrogens with zero attached hydrogens (tertiary/aromatic N) is 1. The number of hydrogen-bond acceptors (Lipinski definition) is 6. The van der Waals surface area contributed by atoms with Gasteiger partial charge in [-0.05, 0) is 76.2 Å². The Kier molecular flexibility index (Phi) is 8.10. The molecule has 2 aromatic rings. The van der Waals surface area contributed by atoms with E-state index < -0.39 is 10.0 Å². The number of thiazole rings is 1. The summed E-state index contributed by atoms with van der Waals surface area (Å²) in [5, 5.41) is 7.80. The fourth-order valence-electron chi connectivity index (χ4n) is 5.17. The van der Waals surface area contributed by atoms with E-state index in [0.717, 1.165) is 58.7 Å². The maximum absolute atomic E-state index is 13.2. The van der Waals surface area contributed by atoms with E-state index in [4.69, 9.17) is 4.98 Å². The van der Waals surface area contributed by atoms with E-state index in [9.17, 15) is 8.42 Å². The van der Waals surface area contributed by atoms with Crippen LogP contribution in [0.25, 0.3) is 10.4 Å². The molecular weight excluding hydrogens is 452 g/mol. The number of piperidine rings is 1. The van der Waals surface area contributed by atoms with Crippen LogP contribution in [0.4, 0.5) is 5.13 Å². The predicted molar refractivity (Wildman–Crippen MR) is 138 cm³/mol. The van der Waals surface area contributed by atoms with E-state index in [2.05, 4.69) is 22.3 Å². The summed E-state index contributed by atoms with van der Waals surface area (Å²) < 4.78 is 29.3. The first-order valence-corrected chi connectivity index (χ1v) is 14.7. The van der Waals surface area contributed by atoms with Crippen molar-refractivity contribution in [2.24, 2.45) is 5.92 Å². The molecule has 6 nitrogen and oxygen atoms in total. The SMILES string of the molecule is Cc1ccc(-c2sc(N[C@H](C)CC3CCCCC3)nc2C)cc1S(=O)(=O)NC1CCNCC1. The van der Waals surface area contributed by atoms with E-state index >= 15 is 0 Å². The third kappa shape index (κ3) is 6.35. The van der Waals surface area contributed by atoms with Gasteiger partial charge in [0.05, 0.1) is 15.5 Å². The first kappa shape index (κ1) is 24.6. The van der Waals surface area contributed by atoms with Gasteiger partial charge in [0, 0.05) is 12.1 Å². The van der Waals surface area contributed by atoms with Crippen LogP contribution in [0.5, 0.6) is 0 Å². The molecule has 1 aromatic carbocycles. The first-order valence-electron chi connectivity index (χ1n) is 12.4. The van der Waals surface area contributed by atoms with Crippen LogP contribution in [-0.2, 0) is 10.0 Å². The molecule has 1 saturated carbocycles. The Morgan fingerprint density at radius 2 is 1.85 bits per heavy atom. The molecule has 8 heteroatoms. The lowest BCUT2D eigenvalue weighted by molar-refractivity contribution is 0.328. The summed E-state index contributed by atoms with van der Waals surface area (Å²) in [5.41, 5.74) is 2.61. The second-order valence-electron chi connectivity index (χ2n) is 9.84. The van der Waals surface area contributed by atoms with E-state index in [1.54, 1.807) is 11.3 Å². The molecule has 2 fully saturated rings. The number of hydrogen-bond donors (Lipinski definition) is 3. The molecule has 1 atom stereocenters. The number of nitrogens with one attached hydrogen (secondary N) is 3. The molecule has 33 heavy (non-hydrogen) atoms. The van der Waals surface area contributed by atoms with Crippen molar-refractivity contribution >= 4 is 26.5 Å². The molecule has 1 aliphatic heterocycles. The highest BCUT2D eigenvalue weighted by Crippen LogP contribution is 2.36. The molecule has 0 amide bonds. The average Bonchev–Trinajstić information content (AvgIpc) is 3.14. The minimum Gasteiger partial charge on any atom is -0.359 e. The molecule has 1 aliphatic carbocycles. The van der Waals surface area contributed by atoms with Crippen molar-refractivity contribution in [2.75, 3.05) is 18.4 Å². The van der Waals surface area contributed by atoms with Gasteiger partial charge >= 0.3 is 0 Å². The summed E-state index contributed by atoms with van der Waals surface area (Å²) in [6, 6.07) is 6.11. The molecule has 1 aromatic heterocycles. The molecule has 0 radical (unpaired) electrons. The van der Waals surface area contributed by atoms with Gasteiger partial charge in [0.1, 0.15) is 0 Å². The maximum Gasteiger partial charge on any atom is 0.241 e. The highest BCUT2D eigenvalue weighted by molar-refractivity contribution is 7.89. The average molecular weight is 491 g/mol. The van der Waals surface area contributed by atoms with Gasteiger partial charge in [-0.2, -0.15) is 0 Å². The topological polar surface area (TPSA) is 83.1 Å². The number of aromatic nitrogens is 1. The Balaban J connectivity index is 1.49. The minimum atomic E-state index is -3.57. The summed E-state index contributed by atoms with van der Waals surface area (Å²) in [7, 11) is -3.57. The van der Waals surface area contributed by atoms with Crippen molar-refractivity contribution in [3.63, 3.8) is 0 Å². The van der Waals surface area contributed by atoms with Gasteiger partial charge in [-0.25, -0.2) is 18.1 Å². The molecule has 3 N–H and O–H groups in total. The number of sulfonamides is 1. The van der Waals surface area contributed by atoms with E-state index in [0.29, 0.717) is 10.9 Å². The Morgan fingerprint density at radius 1 is 1.12 bits per heavy atom. The number of benzene rings is 1. The Labute approximate surface area is 203 Å². The molecular formula is C25H38N4O2S2. The largest absolute Gasteiger partial charge is 0.359 e. The molecule has 0 spiro atoms. The van der Waals surface area contributed by atoms with Crippen LogP contribution in [0.15, 0.2) is 23.1 Å². The van der Waals surface area contributed by atoms with Crippen molar-refractivity contribution < 1.29 is 8.42 Å². The normalized spacial score (nSPS) is 19.5. The second-order valence-corrected chi connectivity index (χ2v) is 12.5. The van der Waals surface area contributed by atoms with Gasteiger partial charge in [0.15, 0.2) is 5.13 Å². The van der Waals surface area contributed by atoms with Crippen molar-refractivity contribution in [1.29, 1.82) is 0 Å². The number of anilines is 1. The van der Waals surface area contributed by atoms with E-state index in [-0.39, 0.29) is 6.04 Å². The first-order chi connectivity index (χ1) is 15.8. The van der Waals surface area contributed by atoms with E-state index in [1.165, 1.54) is 38.5 Å². The number of aryl methyl sites for hydroxylation is 2. The zero-order valence-corrected chi connectivity index (χ0v) is 21.7. The molecule has 1 saturated heterocycles. The van der Waals surface area contributed by atoms with Crippen LogP contribution in [0.2, 0.25) is 0 Å². The van der Waals surface area contributed by atoms with Gasteiger partial charge in [0.2, 0.25) is 10.0 Å². The fraction of sp³-hybridized carbons (Fsp3) is 0.640. The Hall–Kier alpha value is -1.48. The van der Waals surface area contributed by atoms with E-state index in [1.807, 2.05) is 32.0 Å². The highest BCUT2D eigenvalue weighted by atomic mass is 32.2. The molecule has 2 heterocycles. The summed E-state index contributed by atoms with van der Waals surface area (Å²) in [6.45, 7) is 7.81. The third-order valence-corrected chi connectivity index (χ3v) is 9.78. The molecule has 0 unspecified atom stereocenters. The molecule has 0 bridgehead atoms. The fourth-order valence-corrected chi connectivity index (χ4v) is 7.82. The van der Waals surface area contributed by atoms with Gasteiger partial charge in [0.25, 0.3) is 0 Å². The lowest BCUT2D eigenvalue weighted by Crippen LogP contribution is -2.42. The van der Waals surface area contributed by atoms with Crippen molar-refractivity contribution in [3.05, 3.63) is 29.5 Å². The van der Waals surface area contributed by atoms with Crippen molar-refractivity contribution in [3.8, 4) is 10.4 Å². The zero-order valence-electron chi connectivity index (χ0n) is 20.1. The second kappa shape index (κ2) is 10.8. The Morgan fingerprint density at radius 3 is 2.58 bits per heavy atom. The van der Waals surface area contributed by atoms with Crippen LogP contribution in [0.1, 0.15) is 69.5 Å². The van der Waals surface area contributed by atoms with Crippen LogP contribution in [-0.4, -0.2) is 38.6 Å². The summed E-state index contributed by atoms with van der Waals surface area (Å²) in [5.74, 6) is 0.819. The number of rotatable bonds is 8. The lowest BCUT2D eigenvalue weighted by atomic mass is 9.85. The standard InChI is InChI=1S/C25H38N4O2S2/c1-17-9-10-21(16-23(17)33(30,31)29-22-11-13-26-14-12-22)24-19(3)28-25(32-24)27-18(2)15-20-7-5-4-6-8-20/h9-10,16,18,20,22,26,29H,4-8,11-15H2,1-3H3,(H,27,28)/t18-/m1/s1. The van der Waals surface area contributed by atoms with Crippen molar-refractivity contribution in [2.45, 2.75) is 89.1 Å². The molecule has 182 valence electrons. The predicted octanol–water partition coefficient (Wildman–Crippen LogP) is 5.23. The highest BCUT2D eigenvalue weighted by Gasteiger charge is 2.24.